The van der Waals surface area contributed by atoms with Crippen LogP contribution >= 0.6 is 0 Å². The Morgan fingerprint density at radius 2 is 1.80 bits per heavy atom. The quantitative estimate of drug-likeness (QED) is 0.528. The van der Waals surface area contributed by atoms with Crippen LogP contribution in [0.4, 0.5) is 0 Å². The van der Waals surface area contributed by atoms with E-state index < -0.39 is 17.9 Å². The summed E-state index contributed by atoms with van der Waals surface area (Å²) in [6.07, 6.45) is -1.40. The van der Waals surface area contributed by atoms with Crippen molar-refractivity contribution in [3.05, 3.63) is 35.4 Å². The highest BCUT2D eigenvalue weighted by Crippen LogP contribution is 2.04. The number of hydrogen-bond donors (Lipinski definition) is 4. The van der Waals surface area contributed by atoms with Crippen molar-refractivity contribution < 1.29 is 19.5 Å². The Bertz CT molecular complexity index is 499. The molecule has 1 aromatic carbocycles. The molecule has 0 heterocycles. The molecule has 1 rings (SSSR count). The standard InChI is InChI=1S/C13H17N3O4/c1-8(17)15-6-9-2-4-10(5-3-9)13(20)16-7-11(18)12(14)19/h2-5,11,18H,6-7H2,1H3,(H2,14,19)(H,15,17)(H,16,20). The van der Waals surface area contributed by atoms with Gasteiger partial charge in [-0.1, -0.05) is 12.1 Å². The molecule has 0 fully saturated rings. The van der Waals surface area contributed by atoms with Crippen molar-refractivity contribution >= 4 is 17.7 Å². The van der Waals surface area contributed by atoms with Gasteiger partial charge in [-0.25, -0.2) is 0 Å². The van der Waals surface area contributed by atoms with Crippen molar-refractivity contribution in [1.82, 2.24) is 10.6 Å². The third-order valence-corrected chi connectivity index (χ3v) is 2.54. The molecule has 0 spiro atoms. The van der Waals surface area contributed by atoms with Crippen LogP contribution in [0, 0.1) is 0 Å². The molecule has 0 aliphatic carbocycles. The average molecular weight is 279 g/mol. The number of hydrogen-bond acceptors (Lipinski definition) is 4. The van der Waals surface area contributed by atoms with Gasteiger partial charge in [0, 0.05) is 19.0 Å². The summed E-state index contributed by atoms with van der Waals surface area (Å²) in [5.41, 5.74) is 6.10. The first-order valence-corrected chi connectivity index (χ1v) is 5.99. The van der Waals surface area contributed by atoms with Crippen molar-refractivity contribution in [2.24, 2.45) is 5.73 Å². The van der Waals surface area contributed by atoms with E-state index in [1.54, 1.807) is 24.3 Å². The maximum atomic E-state index is 11.7. The van der Waals surface area contributed by atoms with Crippen LogP contribution in [0.5, 0.6) is 0 Å². The highest BCUT2D eigenvalue weighted by Gasteiger charge is 2.13. The number of nitrogens with two attached hydrogens (primary N) is 1. The van der Waals surface area contributed by atoms with Gasteiger partial charge in [0.25, 0.3) is 5.91 Å². The molecule has 1 atom stereocenters. The predicted octanol–water partition coefficient (Wildman–Crippen LogP) is -1.10. The summed E-state index contributed by atoms with van der Waals surface area (Å²) in [7, 11) is 0. The molecule has 0 saturated carbocycles. The summed E-state index contributed by atoms with van der Waals surface area (Å²) >= 11 is 0. The first-order valence-electron chi connectivity index (χ1n) is 5.99. The van der Waals surface area contributed by atoms with Crippen LogP contribution in [0.1, 0.15) is 22.8 Å². The first kappa shape index (κ1) is 15.6. The van der Waals surface area contributed by atoms with Gasteiger partial charge >= 0.3 is 0 Å². The van der Waals surface area contributed by atoms with Gasteiger partial charge in [-0.05, 0) is 17.7 Å². The van der Waals surface area contributed by atoms with E-state index in [0.29, 0.717) is 12.1 Å². The minimum Gasteiger partial charge on any atom is -0.381 e. The van der Waals surface area contributed by atoms with E-state index >= 15 is 0 Å². The summed E-state index contributed by atoms with van der Waals surface area (Å²) in [6, 6.07) is 6.58. The van der Waals surface area contributed by atoms with Gasteiger partial charge in [-0.2, -0.15) is 0 Å². The minimum atomic E-state index is -1.40. The smallest absolute Gasteiger partial charge is 0.251 e. The van der Waals surface area contributed by atoms with Crippen LogP contribution in [-0.4, -0.2) is 35.5 Å². The molecule has 7 nitrogen and oxygen atoms in total. The van der Waals surface area contributed by atoms with Gasteiger partial charge < -0.3 is 21.5 Å². The molecule has 0 saturated heterocycles. The molecule has 108 valence electrons. The van der Waals surface area contributed by atoms with E-state index in [1.807, 2.05) is 0 Å². The molecule has 5 N–H and O–H groups in total. The normalized spacial score (nSPS) is 11.5. The number of primary amides is 1. The fourth-order valence-electron chi connectivity index (χ4n) is 1.39. The molecule has 0 aliphatic heterocycles. The lowest BCUT2D eigenvalue weighted by atomic mass is 10.1. The van der Waals surface area contributed by atoms with E-state index in [1.165, 1.54) is 6.92 Å². The van der Waals surface area contributed by atoms with E-state index in [-0.39, 0.29) is 12.5 Å². The van der Waals surface area contributed by atoms with Crippen molar-refractivity contribution in [1.29, 1.82) is 0 Å². The Morgan fingerprint density at radius 3 is 2.30 bits per heavy atom. The number of amides is 3. The topological polar surface area (TPSA) is 122 Å². The van der Waals surface area contributed by atoms with Crippen LogP contribution < -0.4 is 16.4 Å². The van der Waals surface area contributed by atoms with Gasteiger partial charge in [0.2, 0.25) is 11.8 Å². The van der Waals surface area contributed by atoms with Crippen molar-refractivity contribution in [2.45, 2.75) is 19.6 Å². The maximum Gasteiger partial charge on any atom is 0.251 e. The lowest BCUT2D eigenvalue weighted by molar-refractivity contribution is -0.125. The first-order chi connectivity index (χ1) is 9.40. The Morgan fingerprint density at radius 1 is 1.20 bits per heavy atom. The van der Waals surface area contributed by atoms with Crippen molar-refractivity contribution in [2.75, 3.05) is 6.54 Å². The van der Waals surface area contributed by atoms with Gasteiger partial charge in [0.1, 0.15) is 6.10 Å². The number of rotatable bonds is 6. The van der Waals surface area contributed by atoms with Crippen LogP contribution in [0.25, 0.3) is 0 Å². The molecule has 0 bridgehead atoms. The average Bonchev–Trinajstić information content (AvgIpc) is 2.42. The number of carbonyl (C=O) groups excluding carboxylic acids is 3. The Balaban J connectivity index is 2.53. The molecular weight excluding hydrogens is 262 g/mol. The Labute approximate surface area is 116 Å². The lowest BCUT2D eigenvalue weighted by Crippen LogP contribution is -2.39. The molecule has 7 heteroatoms. The SMILES string of the molecule is CC(=O)NCc1ccc(C(=O)NCC(O)C(N)=O)cc1. The number of carbonyl (C=O) groups is 3. The zero-order valence-corrected chi connectivity index (χ0v) is 11.1. The summed E-state index contributed by atoms with van der Waals surface area (Å²) in [6.45, 7) is 1.57. The summed E-state index contributed by atoms with van der Waals surface area (Å²) < 4.78 is 0. The van der Waals surface area contributed by atoms with Crippen molar-refractivity contribution in [3.8, 4) is 0 Å². The van der Waals surface area contributed by atoms with Gasteiger partial charge in [0.05, 0.1) is 6.54 Å². The molecule has 0 aromatic heterocycles. The fraction of sp³-hybridized carbons (Fsp3) is 0.308. The molecule has 1 aromatic rings. The second-order valence-electron chi connectivity index (χ2n) is 4.23. The third-order valence-electron chi connectivity index (χ3n) is 2.54. The highest BCUT2D eigenvalue weighted by molar-refractivity contribution is 5.94. The maximum absolute atomic E-state index is 11.7. The Hall–Kier alpha value is -2.41. The highest BCUT2D eigenvalue weighted by atomic mass is 16.3. The molecule has 20 heavy (non-hydrogen) atoms. The van der Waals surface area contributed by atoms with E-state index in [9.17, 15) is 14.4 Å². The largest absolute Gasteiger partial charge is 0.381 e. The summed E-state index contributed by atoms with van der Waals surface area (Å²) in [5.74, 6) is -1.44. The van der Waals surface area contributed by atoms with Gasteiger partial charge in [-0.15, -0.1) is 0 Å². The summed E-state index contributed by atoms with van der Waals surface area (Å²) in [5, 5.41) is 14.2. The van der Waals surface area contributed by atoms with Crippen LogP contribution in [-0.2, 0) is 16.1 Å². The van der Waals surface area contributed by atoms with Gasteiger partial charge in [0.15, 0.2) is 0 Å². The molecular formula is C13H17N3O4. The van der Waals surface area contributed by atoms with Crippen LogP contribution in [0.15, 0.2) is 24.3 Å². The molecule has 0 aliphatic rings. The van der Waals surface area contributed by atoms with E-state index in [0.717, 1.165) is 5.56 Å². The number of nitrogens with one attached hydrogen (secondary N) is 2. The monoisotopic (exact) mass is 279 g/mol. The minimum absolute atomic E-state index is 0.132. The zero-order valence-electron chi connectivity index (χ0n) is 11.1. The predicted molar refractivity (Wildman–Crippen MR) is 71.5 cm³/mol. The molecule has 0 radical (unpaired) electrons. The zero-order chi connectivity index (χ0) is 15.1. The third kappa shape index (κ3) is 5.07. The fourth-order valence-corrected chi connectivity index (χ4v) is 1.39. The van der Waals surface area contributed by atoms with Crippen LogP contribution in [0.2, 0.25) is 0 Å². The second-order valence-corrected chi connectivity index (χ2v) is 4.23. The lowest BCUT2D eigenvalue weighted by Gasteiger charge is -2.09. The Kier molecular flexibility index (Phi) is 5.67. The van der Waals surface area contributed by atoms with E-state index in [4.69, 9.17) is 10.8 Å². The number of benzene rings is 1. The van der Waals surface area contributed by atoms with E-state index in [2.05, 4.69) is 10.6 Å². The molecule has 3 amide bonds. The molecule has 1 unspecified atom stereocenters. The van der Waals surface area contributed by atoms with Gasteiger partial charge in [-0.3, -0.25) is 14.4 Å². The van der Waals surface area contributed by atoms with Crippen LogP contribution in [0.3, 0.4) is 0 Å². The second kappa shape index (κ2) is 7.25. The van der Waals surface area contributed by atoms with Crippen molar-refractivity contribution in [3.63, 3.8) is 0 Å². The number of aliphatic hydroxyl groups excluding tert-OH is 1. The number of aliphatic hydroxyl groups is 1. The summed E-state index contributed by atoms with van der Waals surface area (Å²) in [4.78, 5) is 33.1.